The number of aliphatic carboxylic acids is 2. The van der Waals surface area contributed by atoms with Crippen LogP contribution in [0.3, 0.4) is 0 Å². The normalized spacial score (nSPS) is 27.2. The van der Waals surface area contributed by atoms with E-state index >= 15 is 0 Å². The second-order valence-corrected chi connectivity index (χ2v) is 14.9. The maximum atomic E-state index is 14.1. The first-order chi connectivity index (χ1) is 27.3. The van der Waals surface area contributed by atoms with Gasteiger partial charge in [0.25, 0.3) is 0 Å². The van der Waals surface area contributed by atoms with Crippen molar-refractivity contribution in [2.24, 2.45) is 22.4 Å². The molecule has 0 unspecified atom stereocenters. The quantitative estimate of drug-likeness (QED) is 0.0565. The second-order valence-electron chi connectivity index (χ2n) is 14.9. The zero-order valence-electron chi connectivity index (χ0n) is 32.8. The fourth-order valence-electron chi connectivity index (χ4n) is 6.97. The molecule has 0 aromatic rings. The van der Waals surface area contributed by atoms with Gasteiger partial charge in [0.15, 0.2) is 5.96 Å². The van der Waals surface area contributed by atoms with E-state index in [0.717, 1.165) is 0 Å². The minimum absolute atomic E-state index is 0.00367. The summed E-state index contributed by atoms with van der Waals surface area (Å²) in [4.78, 5) is 138. The highest BCUT2D eigenvalue weighted by molar-refractivity contribution is 5.99. The molecule has 12 N–H and O–H groups in total. The Kier molecular flexibility index (Phi) is 17.2. The van der Waals surface area contributed by atoms with Gasteiger partial charge in [-0.15, -0.1) is 0 Å². The first kappa shape index (κ1) is 46.4. The van der Waals surface area contributed by atoms with Gasteiger partial charge in [0.1, 0.15) is 42.3 Å². The molecule has 0 aliphatic carbocycles. The molecular weight excluding hydrogens is 766 g/mol. The van der Waals surface area contributed by atoms with E-state index in [1.165, 1.54) is 16.7 Å². The van der Waals surface area contributed by atoms with Crippen LogP contribution >= 0.6 is 0 Å². The molecule has 8 amide bonds. The zero-order valence-corrected chi connectivity index (χ0v) is 32.8. The number of rotatable bonds is 10. The number of hydrogen-bond donors (Lipinski definition) is 10. The van der Waals surface area contributed by atoms with Crippen LogP contribution in [0, 0.1) is 5.92 Å². The monoisotopic (exact) mass is 821 g/mol. The molecule has 23 nitrogen and oxygen atoms in total. The van der Waals surface area contributed by atoms with E-state index in [0.29, 0.717) is 12.8 Å². The number of hydrogen-bond acceptors (Lipinski definition) is 11. The fourth-order valence-corrected chi connectivity index (χ4v) is 6.97. The van der Waals surface area contributed by atoms with Crippen LogP contribution < -0.4 is 43.4 Å². The van der Waals surface area contributed by atoms with E-state index < -0.39 is 121 Å². The number of fused-ring (bicyclic) bond motifs is 2. The minimum Gasteiger partial charge on any atom is -0.481 e. The average Bonchev–Trinajstić information content (AvgIpc) is 3.83. The lowest BCUT2D eigenvalue weighted by atomic mass is 10.0. The molecule has 3 fully saturated rings. The standard InChI is InChI=1S/C35H55N11O12/c1-17(2)13-22-33(57)46-12-6-9-24(46)34(58)45-11-5-8-23(45)32(56)40-18(3)28(52)43-21(15-27(50)51)31(55)42-19(7-4-10-38-35(36)37)29(53)39-16-25(47)41-20(14-26(48)49)30(54)44-22/h17-24H,4-16H2,1-3H3,(H,39,53)(H,40,56)(H,41,47)(H,42,55)(H,43,52)(H,44,54)(H,48,49)(H,50,51)(H4,36,37,38)/t18-,19-,20-,21-,22-,23-,24+/m0/s1. The van der Waals surface area contributed by atoms with Crippen molar-refractivity contribution in [3.8, 4) is 0 Å². The molecule has 3 aliphatic rings. The summed E-state index contributed by atoms with van der Waals surface area (Å²) >= 11 is 0. The van der Waals surface area contributed by atoms with Crippen molar-refractivity contribution in [2.45, 2.75) is 121 Å². The van der Waals surface area contributed by atoms with E-state index in [1.807, 2.05) is 0 Å². The molecule has 0 bridgehead atoms. The number of carbonyl (C=O) groups is 10. The van der Waals surface area contributed by atoms with Gasteiger partial charge in [-0.3, -0.25) is 52.9 Å². The summed E-state index contributed by atoms with van der Waals surface area (Å²) < 4.78 is 0. The summed E-state index contributed by atoms with van der Waals surface area (Å²) in [7, 11) is 0. The molecular formula is C35H55N11O12. The molecule has 58 heavy (non-hydrogen) atoms. The van der Waals surface area contributed by atoms with Gasteiger partial charge in [0, 0.05) is 19.6 Å². The first-order valence-corrected chi connectivity index (χ1v) is 19.2. The number of carboxylic acids is 2. The molecule has 3 saturated heterocycles. The van der Waals surface area contributed by atoms with Crippen LogP contribution in [0.1, 0.15) is 78.6 Å². The van der Waals surface area contributed by atoms with Crippen LogP contribution in [0.4, 0.5) is 0 Å². The molecule has 3 aliphatic heterocycles. The SMILES string of the molecule is CC(C)C[C@@H]1NC(=O)[C@H](CC(=O)O)NC(=O)CNC(=O)[C@H](CCCN=C(N)N)NC(=O)[C@H](CC(=O)O)NC(=O)[C@H](C)NC(=O)[C@@H]2CCCN2C(=O)[C@H]2CCCN2C1=O. The number of amides is 8. The summed E-state index contributed by atoms with van der Waals surface area (Å²) in [6, 6.07) is -9.51. The molecule has 0 aromatic carbocycles. The third kappa shape index (κ3) is 13.6. The predicted octanol–water partition coefficient (Wildman–Crippen LogP) is -4.41. The fraction of sp³-hybridized carbons (Fsp3) is 0.686. The van der Waals surface area contributed by atoms with Crippen molar-refractivity contribution in [1.29, 1.82) is 0 Å². The van der Waals surface area contributed by atoms with Crippen LogP contribution in [0.2, 0.25) is 0 Å². The molecule has 3 heterocycles. The summed E-state index contributed by atoms with van der Waals surface area (Å²) in [5, 5.41) is 33.4. The Bertz CT molecular complexity index is 1630. The Labute approximate surface area is 334 Å². The van der Waals surface area contributed by atoms with Gasteiger partial charge < -0.3 is 63.4 Å². The van der Waals surface area contributed by atoms with Gasteiger partial charge in [0.05, 0.1) is 19.4 Å². The van der Waals surface area contributed by atoms with Crippen LogP contribution in [0.25, 0.3) is 0 Å². The van der Waals surface area contributed by atoms with Crippen LogP contribution in [0.5, 0.6) is 0 Å². The van der Waals surface area contributed by atoms with Crippen molar-refractivity contribution >= 4 is 65.2 Å². The van der Waals surface area contributed by atoms with Crippen molar-refractivity contribution in [1.82, 2.24) is 41.7 Å². The number of carboxylic acid groups (broad SMARTS) is 2. The Morgan fingerprint density at radius 2 is 1.24 bits per heavy atom. The van der Waals surface area contributed by atoms with Gasteiger partial charge >= 0.3 is 11.9 Å². The molecule has 0 saturated carbocycles. The number of nitrogens with two attached hydrogens (primary N) is 2. The maximum Gasteiger partial charge on any atom is 0.305 e. The van der Waals surface area contributed by atoms with Gasteiger partial charge in [-0.1, -0.05) is 13.8 Å². The lowest BCUT2D eigenvalue weighted by Gasteiger charge is -2.34. The van der Waals surface area contributed by atoms with Crippen molar-refractivity contribution < 1.29 is 58.2 Å². The van der Waals surface area contributed by atoms with E-state index in [1.54, 1.807) is 13.8 Å². The summed E-state index contributed by atoms with van der Waals surface area (Å²) in [6.45, 7) is 4.36. The maximum absolute atomic E-state index is 14.1. The number of carbonyl (C=O) groups excluding carboxylic acids is 8. The number of guanidine groups is 1. The highest BCUT2D eigenvalue weighted by Crippen LogP contribution is 2.26. The molecule has 23 heteroatoms. The Balaban J connectivity index is 2.01. The number of aliphatic imine (C=N–C) groups is 1. The molecule has 0 aromatic heterocycles. The third-order valence-electron chi connectivity index (χ3n) is 9.78. The largest absolute Gasteiger partial charge is 0.481 e. The van der Waals surface area contributed by atoms with Gasteiger partial charge in [-0.05, 0) is 57.8 Å². The van der Waals surface area contributed by atoms with E-state index in [2.05, 4.69) is 36.9 Å². The Morgan fingerprint density at radius 1 is 0.707 bits per heavy atom. The predicted molar refractivity (Wildman–Crippen MR) is 202 cm³/mol. The molecule has 3 rings (SSSR count). The van der Waals surface area contributed by atoms with Crippen LogP contribution in [-0.2, 0) is 47.9 Å². The van der Waals surface area contributed by atoms with E-state index in [-0.39, 0.29) is 63.6 Å². The van der Waals surface area contributed by atoms with Crippen LogP contribution in [0.15, 0.2) is 4.99 Å². The van der Waals surface area contributed by atoms with E-state index in [9.17, 15) is 58.2 Å². The number of nitrogens with one attached hydrogen (secondary N) is 6. The highest BCUT2D eigenvalue weighted by Gasteiger charge is 2.44. The van der Waals surface area contributed by atoms with Crippen molar-refractivity contribution in [3.63, 3.8) is 0 Å². The highest BCUT2D eigenvalue weighted by atomic mass is 16.4. The Morgan fingerprint density at radius 3 is 1.81 bits per heavy atom. The summed E-state index contributed by atoms with van der Waals surface area (Å²) in [5.74, 6) is -10.3. The average molecular weight is 822 g/mol. The Hall–Kier alpha value is -6.03. The van der Waals surface area contributed by atoms with Gasteiger partial charge in [-0.25, -0.2) is 0 Å². The first-order valence-electron chi connectivity index (χ1n) is 19.2. The molecule has 7 atom stereocenters. The third-order valence-corrected chi connectivity index (χ3v) is 9.78. The zero-order chi connectivity index (χ0) is 43.3. The second kappa shape index (κ2) is 21.5. The lowest BCUT2D eigenvalue weighted by molar-refractivity contribution is -0.148. The molecule has 322 valence electrons. The van der Waals surface area contributed by atoms with E-state index in [4.69, 9.17) is 11.5 Å². The lowest BCUT2D eigenvalue weighted by Crippen LogP contribution is -2.60. The smallest absolute Gasteiger partial charge is 0.305 e. The number of nitrogens with zero attached hydrogens (tertiary/aromatic N) is 3. The van der Waals surface area contributed by atoms with Gasteiger partial charge in [-0.2, -0.15) is 0 Å². The summed E-state index contributed by atoms with van der Waals surface area (Å²) in [6.07, 6.45) is -0.475. The molecule has 0 spiro atoms. The van der Waals surface area contributed by atoms with Crippen molar-refractivity contribution in [3.05, 3.63) is 0 Å². The molecule has 0 radical (unpaired) electrons. The summed E-state index contributed by atoms with van der Waals surface area (Å²) in [5.41, 5.74) is 10.7. The topological polar surface area (TPSA) is 354 Å². The van der Waals surface area contributed by atoms with Crippen molar-refractivity contribution in [2.75, 3.05) is 26.2 Å². The van der Waals surface area contributed by atoms with Gasteiger partial charge in [0.2, 0.25) is 47.3 Å². The minimum atomic E-state index is -1.75. The van der Waals surface area contributed by atoms with Crippen LogP contribution in [-0.4, -0.2) is 154 Å².